The van der Waals surface area contributed by atoms with Crippen LogP contribution in [0.4, 0.5) is 0 Å². The maximum absolute atomic E-state index is 12.3. The third kappa shape index (κ3) is 4.21. The van der Waals surface area contributed by atoms with E-state index in [-0.39, 0.29) is 5.75 Å². The van der Waals surface area contributed by atoms with Crippen molar-refractivity contribution < 1.29 is 8.42 Å². The van der Waals surface area contributed by atoms with E-state index in [9.17, 15) is 8.42 Å². The molecule has 0 atom stereocenters. The molecule has 5 nitrogen and oxygen atoms in total. The van der Waals surface area contributed by atoms with Crippen LogP contribution in [0.3, 0.4) is 0 Å². The van der Waals surface area contributed by atoms with Crippen LogP contribution in [-0.2, 0) is 16.4 Å². The average molecular weight is 402 g/mol. The molecule has 2 aromatic rings. The molecule has 0 amide bonds. The van der Waals surface area contributed by atoms with Gasteiger partial charge >= 0.3 is 0 Å². The van der Waals surface area contributed by atoms with Gasteiger partial charge in [0.2, 0.25) is 0 Å². The van der Waals surface area contributed by atoms with Crippen molar-refractivity contribution >= 4 is 37.5 Å². The molecule has 22 heavy (non-hydrogen) atoms. The summed E-state index contributed by atoms with van der Waals surface area (Å²) in [6, 6.07) is 6.66. The van der Waals surface area contributed by atoms with Gasteiger partial charge in [-0.05, 0) is 31.2 Å². The Morgan fingerprint density at radius 2 is 2.00 bits per heavy atom. The fourth-order valence-electron chi connectivity index (χ4n) is 1.81. The van der Waals surface area contributed by atoms with Gasteiger partial charge in [0.25, 0.3) is 0 Å². The lowest BCUT2D eigenvalue weighted by molar-refractivity contribution is 0.597. The second-order valence-electron chi connectivity index (χ2n) is 4.55. The van der Waals surface area contributed by atoms with Gasteiger partial charge in [0.15, 0.2) is 15.0 Å². The minimum atomic E-state index is -3.28. The normalized spacial score (nSPS) is 11.5. The van der Waals surface area contributed by atoms with Crippen LogP contribution in [-0.4, -0.2) is 34.7 Å². The van der Waals surface area contributed by atoms with Gasteiger partial charge in [-0.2, -0.15) is 0 Å². The Labute approximate surface area is 142 Å². The average Bonchev–Trinajstić information content (AvgIpc) is 2.81. The van der Waals surface area contributed by atoms with E-state index >= 15 is 0 Å². The first-order chi connectivity index (χ1) is 10.4. The van der Waals surface area contributed by atoms with Crippen LogP contribution in [0.25, 0.3) is 0 Å². The highest BCUT2D eigenvalue weighted by Crippen LogP contribution is 2.20. The van der Waals surface area contributed by atoms with Crippen LogP contribution >= 0.6 is 27.7 Å². The number of benzene rings is 1. The van der Waals surface area contributed by atoms with E-state index in [2.05, 4.69) is 32.7 Å². The Kier molecular flexibility index (Phi) is 5.82. The van der Waals surface area contributed by atoms with Crippen molar-refractivity contribution in [2.75, 3.05) is 11.5 Å². The quantitative estimate of drug-likeness (QED) is 0.526. The van der Waals surface area contributed by atoms with Crippen molar-refractivity contribution in [3.8, 4) is 0 Å². The number of thioether (sulfide) groups is 1. The van der Waals surface area contributed by atoms with Crippen molar-refractivity contribution in [2.45, 2.75) is 23.5 Å². The largest absolute Gasteiger partial charge is 0.302 e. The van der Waals surface area contributed by atoms with Gasteiger partial charge in [0.1, 0.15) is 5.82 Å². The summed E-state index contributed by atoms with van der Waals surface area (Å²) in [5.41, 5.74) is 0. The Morgan fingerprint density at radius 3 is 2.64 bits per heavy atom. The molecule has 0 saturated heterocycles. The molecule has 0 aliphatic heterocycles. The van der Waals surface area contributed by atoms with Gasteiger partial charge in [-0.3, -0.25) is 0 Å². The standard InChI is InChI=1S/C14H16BrN3O2S2/c1-3-8-18-11(2)16-17-14(18)21-9-10-22(19,20)13-6-4-12(15)5-7-13/h3-7H,1,8-10H2,2H3. The summed E-state index contributed by atoms with van der Waals surface area (Å²) >= 11 is 4.68. The van der Waals surface area contributed by atoms with Gasteiger partial charge in [0, 0.05) is 16.8 Å². The molecule has 1 aromatic heterocycles. The molecule has 0 saturated carbocycles. The maximum Gasteiger partial charge on any atom is 0.191 e. The van der Waals surface area contributed by atoms with Gasteiger partial charge in [-0.1, -0.05) is 33.8 Å². The Bertz CT molecular complexity index is 755. The Hall–Kier alpha value is -1.12. The molecule has 0 spiro atoms. The van der Waals surface area contributed by atoms with Crippen LogP contribution in [0.5, 0.6) is 0 Å². The number of hydrogen-bond donors (Lipinski definition) is 0. The molecular weight excluding hydrogens is 386 g/mol. The maximum atomic E-state index is 12.3. The van der Waals surface area contributed by atoms with E-state index in [1.165, 1.54) is 11.8 Å². The number of rotatable bonds is 7. The highest BCUT2D eigenvalue weighted by atomic mass is 79.9. The Balaban J connectivity index is 2.01. The molecule has 0 unspecified atom stereocenters. The van der Waals surface area contributed by atoms with Crippen LogP contribution < -0.4 is 0 Å². The van der Waals surface area contributed by atoms with Gasteiger partial charge in [-0.25, -0.2) is 8.42 Å². The summed E-state index contributed by atoms with van der Waals surface area (Å²) < 4.78 is 27.3. The lowest BCUT2D eigenvalue weighted by Gasteiger charge is -2.06. The summed E-state index contributed by atoms with van der Waals surface area (Å²) in [6.45, 7) is 6.17. The fourth-order valence-corrected chi connectivity index (χ4v) is 4.72. The molecule has 0 fully saturated rings. The van der Waals surface area contributed by atoms with E-state index < -0.39 is 9.84 Å². The molecular formula is C14H16BrN3O2S2. The van der Waals surface area contributed by atoms with Crippen molar-refractivity contribution in [1.29, 1.82) is 0 Å². The number of aromatic nitrogens is 3. The zero-order valence-electron chi connectivity index (χ0n) is 12.1. The molecule has 2 rings (SSSR count). The monoisotopic (exact) mass is 401 g/mol. The number of allylic oxidation sites excluding steroid dienone is 1. The summed E-state index contributed by atoms with van der Waals surface area (Å²) in [4.78, 5) is 0.333. The summed E-state index contributed by atoms with van der Waals surface area (Å²) in [5.74, 6) is 1.27. The predicted molar refractivity (Wildman–Crippen MR) is 91.9 cm³/mol. The molecule has 0 aliphatic rings. The van der Waals surface area contributed by atoms with Crippen LogP contribution in [0, 0.1) is 6.92 Å². The second-order valence-corrected chi connectivity index (χ2v) is 8.64. The zero-order chi connectivity index (χ0) is 16.2. The number of aryl methyl sites for hydroxylation is 1. The van der Waals surface area contributed by atoms with Crippen molar-refractivity contribution in [3.63, 3.8) is 0 Å². The predicted octanol–water partition coefficient (Wildman–Crippen LogP) is 3.10. The van der Waals surface area contributed by atoms with Crippen LogP contribution in [0.1, 0.15) is 5.82 Å². The zero-order valence-corrected chi connectivity index (χ0v) is 15.3. The van der Waals surface area contributed by atoms with E-state index in [1.54, 1.807) is 30.3 Å². The molecule has 8 heteroatoms. The third-order valence-corrected chi connectivity index (χ3v) is 6.46. The van der Waals surface area contributed by atoms with Crippen molar-refractivity contribution in [1.82, 2.24) is 14.8 Å². The molecule has 1 heterocycles. The minimum Gasteiger partial charge on any atom is -0.302 e. The molecule has 118 valence electrons. The summed E-state index contributed by atoms with van der Waals surface area (Å²) in [6.07, 6.45) is 1.76. The second kappa shape index (κ2) is 7.43. The molecule has 0 bridgehead atoms. The number of hydrogen-bond acceptors (Lipinski definition) is 5. The van der Waals surface area contributed by atoms with Gasteiger partial charge in [-0.15, -0.1) is 16.8 Å². The first-order valence-corrected chi connectivity index (χ1v) is 9.99. The molecule has 0 N–H and O–H groups in total. The van der Waals surface area contributed by atoms with Gasteiger partial charge in [0.05, 0.1) is 10.6 Å². The van der Waals surface area contributed by atoms with E-state index in [0.29, 0.717) is 22.3 Å². The molecule has 0 aliphatic carbocycles. The molecule has 1 aromatic carbocycles. The lowest BCUT2D eigenvalue weighted by atomic mass is 10.4. The fraction of sp³-hybridized carbons (Fsp3) is 0.286. The van der Waals surface area contributed by atoms with Crippen LogP contribution in [0.15, 0.2) is 51.4 Å². The number of halogens is 1. The lowest BCUT2D eigenvalue weighted by Crippen LogP contribution is -2.09. The minimum absolute atomic E-state index is 0.0549. The van der Waals surface area contributed by atoms with E-state index in [0.717, 1.165) is 10.3 Å². The number of sulfone groups is 1. The summed E-state index contributed by atoms with van der Waals surface area (Å²) in [5, 5.41) is 8.78. The highest BCUT2D eigenvalue weighted by molar-refractivity contribution is 9.10. The SMILES string of the molecule is C=CCn1c(C)nnc1SCCS(=O)(=O)c1ccc(Br)cc1. The summed E-state index contributed by atoms with van der Waals surface area (Å²) in [7, 11) is -3.28. The van der Waals surface area contributed by atoms with Crippen molar-refractivity contribution in [3.05, 3.63) is 47.2 Å². The van der Waals surface area contributed by atoms with Gasteiger partial charge < -0.3 is 4.57 Å². The first-order valence-electron chi connectivity index (χ1n) is 6.56. The van der Waals surface area contributed by atoms with E-state index in [4.69, 9.17) is 0 Å². The highest BCUT2D eigenvalue weighted by Gasteiger charge is 2.15. The van der Waals surface area contributed by atoms with E-state index in [1.807, 2.05) is 11.5 Å². The number of nitrogens with zero attached hydrogens (tertiary/aromatic N) is 3. The topological polar surface area (TPSA) is 64.8 Å². The smallest absolute Gasteiger partial charge is 0.191 e. The molecule has 0 radical (unpaired) electrons. The Morgan fingerprint density at radius 1 is 1.32 bits per heavy atom. The van der Waals surface area contributed by atoms with Crippen LogP contribution in [0.2, 0.25) is 0 Å². The van der Waals surface area contributed by atoms with Crippen molar-refractivity contribution in [2.24, 2.45) is 0 Å². The first kappa shape index (κ1) is 17.2. The third-order valence-electron chi connectivity index (χ3n) is 2.97.